The van der Waals surface area contributed by atoms with Crippen molar-refractivity contribution in [2.24, 2.45) is 5.73 Å². The first-order valence-corrected chi connectivity index (χ1v) is 10.9. The third-order valence-corrected chi connectivity index (χ3v) is 5.99. The maximum Gasteiger partial charge on any atom is 0.269 e. The van der Waals surface area contributed by atoms with Gasteiger partial charge in [-0.2, -0.15) is 5.10 Å². The topological polar surface area (TPSA) is 125 Å². The zero-order chi connectivity index (χ0) is 24.0. The number of aliphatic hydroxyl groups is 2. The molecule has 0 radical (unpaired) electrons. The second-order valence-electron chi connectivity index (χ2n) is 9.46. The summed E-state index contributed by atoms with van der Waals surface area (Å²) in [6.07, 6.45) is 0.910. The van der Waals surface area contributed by atoms with Crippen LogP contribution in [0.3, 0.4) is 0 Å². The van der Waals surface area contributed by atoms with Gasteiger partial charge in [0.05, 0.1) is 17.0 Å². The number of nitrogens with two attached hydrogens (primary N) is 1. The molecule has 1 aromatic carbocycles. The van der Waals surface area contributed by atoms with Crippen molar-refractivity contribution in [3.63, 3.8) is 0 Å². The van der Waals surface area contributed by atoms with E-state index in [9.17, 15) is 19.8 Å². The van der Waals surface area contributed by atoms with E-state index in [1.54, 1.807) is 37.7 Å². The van der Waals surface area contributed by atoms with E-state index < -0.39 is 23.0 Å². The summed E-state index contributed by atoms with van der Waals surface area (Å²) in [6.45, 7) is 5.62. The molecule has 1 saturated heterocycles. The van der Waals surface area contributed by atoms with Gasteiger partial charge in [0.1, 0.15) is 0 Å². The van der Waals surface area contributed by atoms with Crippen molar-refractivity contribution in [2.45, 2.75) is 44.4 Å². The molecule has 1 fully saturated rings. The van der Waals surface area contributed by atoms with Crippen molar-refractivity contribution >= 4 is 11.8 Å². The van der Waals surface area contributed by atoms with Gasteiger partial charge in [0.25, 0.3) is 11.8 Å². The highest BCUT2D eigenvalue weighted by Gasteiger charge is 2.42. The summed E-state index contributed by atoms with van der Waals surface area (Å²) < 4.78 is 1.71. The van der Waals surface area contributed by atoms with Crippen LogP contribution in [0.5, 0.6) is 0 Å². The lowest BCUT2D eigenvalue weighted by molar-refractivity contribution is -0.137. The number of fused-ring (bicyclic) bond motifs is 1. The smallest absolute Gasteiger partial charge is 0.269 e. The van der Waals surface area contributed by atoms with Gasteiger partial charge in [-0.3, -0.25) is 14.5 Å². The van der Waals surface area contributed by atoms with E-state index >= 15 is 0 Å². The van der Waals surface area contributed by atoms with Crippen LogP contribution >= 0.6 is 0 Å². The largest absolute Gasteiger partial charge is 0.389 e. The van der Waals surface area contributed by atoms with E-state index in [4.69, 9.17) is 5.73 Å². The molecule has 33 heavy (non-hydrogen) atoms. The standard InChI is InChI=1S/C24H29N5O4/c1-23(2,32)15-28-11-8-19-18(14-28)20(21(25)30)26-29(19)17-6-4-5-16(13-17)7-9-24(33)10-12-27(3)22(24)31/h4-6,13,32-33H,8,10-12,14-15H2,1-3H3,(H2,25,30)/t24-/m0/s1. The minimum Gasteiger partial charge on any atom is -0.389 e. The Kier molecular flexibility index (Phi) is 5.78. The van der Waals surface area contributed by atoms with Crippen LogP contribution < -0.4 is 5.73 Å². The SMILES string of the molecule is CN1CC[C@@](O)(C#Cc2cccc(-n3nc(C(N)=O)c4c3CCN(CC(C)(C)O)C4)c2)C1=O. The molecule has 2 aliphatic heterocycles. The Bertz CT molecular complexity index is 1170. The van der Waals surface area contributed by atoms with Crippen molar-refractivity contribution in [3.8, 4) is 17.5 Å². The van der Waals surface area contributed by atoms with E-state index in [1.807, 2.05) is 12.1 Å². The van der Waals surface area contributed by atoms with Crippen molar-refractivity contribution in [3.05, 3.63) is 46.8 Å². The molecule has 4 rings (SSSR count). The number of aromatic nitrogens is 2. The van der Waals surface area contributed by atoms with E-state index in [-0.39, 0.29) is 12.1 Å². The zero-order valence-electron chi connectivity index (χ0n) is 19.1. The molecule has 0 bridgehead atoms. The van der Waals surface area contributed by atoms with Crippen molar-refractivity contribution < 1.29 is 19.8 Å². The number of β-amino-alcohol motifs (C(OH)–C–C–N with tert-alkyl or cyclic N) is 1. The number of rotatable bonds is 4. The number of likely N-dealkylation sites (N-methyl/N-ethyl adjacent to an activating group) is 1. The van der Waals surface area contributed by atoms with Crippen molar-refractivity contribution in [1.29, 1.82) is 0 Å². The van der Waals surface area contributed by atoms with Crippen molar-refractivity contribution in [1.82, 2.24) is 19.6 Å². The zero-order valence-corrected chi connectivity index (χ0v) is 19.1. The number of primary amides is 1. The normalized spacial score (nSPS) is 21.0. The predicted octanol–water partition coefficient (Wildman–Crippen LogP) is 0.0449. The maximum absolute atomic E-state index is 12.2. The molecule has 3 heterocycles. The Morgan fingerprint density at radius 2 is 2.09 bits per heavy atom. The quantitative estimate of drug-likeness (QED) is 0.564. The second kappa shape index (κ2) is 8.30. The lowest BCUT2D eigenvalue weighted by Gasteiger charge is -2.32. The molecule has 0 saturated carbocycles. The summed E-state index contributed by atoms with van der Waals surface area (Å²) in [6, 6.07) is 7.27. The van der Waals surface area contributed by atoms with Gasteiger partial charge in [-0.05, 0) is 32.0 Å². The summed E-state index contributed by atoms with van der Waals surface area (Å²) in [4.78, 5) is 27.8. The van der Waals surface area contributed by atoms with Gasteiger partial charge >= 0.3 is 0 Å². The van der Waals surface area contributed by atoms with Gasteiger partial charge in [0.15, 0.2) is 5.69 Å². The van der Waals surface area contributed by atoms with Crippen LogP contribution in [-0.4, -0.2) is 79.5 Å². The number of carbonyl (C=O) groups excluding carboxylic acids is 2. The summed E-state index contributed by atoms with van der Waals surface area (Å²) in [7, 11) is 1.64. The number of nitrogens with zero attached hydrogens (tertiary/aromatic N) is 4. The number of amides is 2. The molecule has 2 aromatic rings. The first-order chi connectivity index (χ1) is 15.5. The van der Waals surface area contributed by atoms with Crippen LogP contribution in [-0.2, 0) is 17.8 Å². The third kappa shape index (κ3) is 4.64. The Morgan fingerprint density at radius 1 is 1.33 bits per heavy atom. The minimum absolute atomic E-state index is 0.218. The molecule has 0 spiro atoms. The van der Waals surface area contributed by atoms with E-state index in [0.29, 0.717) is 43.9 Å². The lowest BCUT2D eigenvalue weighted by atomic mass is 10.0. The van der Waals surface area contributed by atoms with E-state index in [2.05, 4.69) is 21.8 Å². The van der Waals surface area contributed by atoms with Gasteiger partial charge in [-0.1, -0.05) is 17.9 Å². The lowest BCUT2D eigenvalue weighted by Crippen LogP contribution is -2.41. The highest BCUT2D eigenvalue weighted by Crippen LogP contribution is 2.27. The Labute approximate surface area is 192 Å². The number of hydrogen-bond donors (Lipinski definition) is 3. The number of benzene rings is 1. The number of likely N-dealkylation sites (tertiary alicyclic amines) is 1. The van der Waals surface area contributed by atoms with Crippen molar-refractivity contribution in [2.75, 3.05) is 26.7 Å². The van der Waals surface area contributed by atoms with Crippen LogP contribution in [0, 0.1) is 11.8 Å². The molecule has 174 valence electrons. The molecule has 0 unspecified atom stereocenters. The number of hydrogen-bond acceptors (Lipinski definition) is 6. The molecule has 9 heteroatoms. The summed E-state index contributed by atoms with van der Waals surface area (Å²) in [5, 5.41) is 25.2. The van der Waals surface area contributed by atoms with Gasteiger partial charge in [0.2, 0.25) is 5.60 Å². The van der Waals surface area contributed by atoms with E-state index in [0.717, 1.165) is 11.3 Å². The molecular formula is C24H29N5O4. The Hall–Kier alpha value is -3.19. The van der Waals surface area contributed by atoms with Gasteiger partial charge in [-0.15, -0.1) is 0 Å². The van der Waals surface area contributed by atoms with Gasteiger partial charge in [-0.25, -0.2) is 4.68 Å². The van der Waals surface area contributed by atoms with Crippen LogP contribution in [0.1, 0.15) is 47.6 Å². The Balaban J connectivity index is 1.66. The monoisotopic (exact) mass is 451 g/mol. The maximum atomic E-state index is 12.2. The molecule has 9 nitrogen and oxygen atoms in total. The highest BCUT2D eigenvalue weighted by atomic mass is 16.3. The number of carbonyl (C=O) groups is 2. The van der Waals surface area contributed by atoms with Gasteiger partial charge in [0, 0.05) is 57.2 Å². The molecule has 2 amide bonds. The molecule has 0 aliphatic carbocycles. The fourth-order valence-corrected chi connectivity index (χ4v) is 4.43. The van der Waals surface area contributed by atoms with Gasteiger partial charge < -0.3 is 20.8 Å². The summed E-state index contributed by atoms with van der Waals surface area (Å²) in [5.74, 6) is 4.65. The predicted molar refractivity (Wildman–Crippen MR) is 121 cm³/mol. The van der Waals surface area contributed by atoms with Crippen LogP contribution in [0.4, 0.5) is 0 Å². The second-order valence-corrected chi connectivity index (χ2v) is 9.46. The summed E-state index contributed by atoms with van der Waals surface area (Å²) in [5.41, 5.74) is 6.31. The third-order valence-electron chi connectivity index (χ3n) is 5.99. The fraction of sp³-hybridized carbons (Fsp3) is 0.458. The average molecular weight is 452 g/mol. The Morgan fingerprint density at radius 3 is 2.73 bits per heavy atom. The average Bonchev–Trinajstić information content (AvgIpc) is 3.25. The van der Waals surface area contributed by atoms with Crippen LogP contribution in [0.25, 0.3) is 5.69 Å². The van der Waals surface area contributed by atoms with Crippen LogP contribution in [0.2, 0.25) is 0 Å². The molecular weight excluding hydrogens is 422 g/mol. The molecule has 1 aromatic heterocycles. The van der Waals surface area contributed by atoms with Crippen LogP contribution in [0.15, 0.2) is 24.3 Å². The first kappa shape index (κ1) is 23.0. The summed E-state index contributed by atoms with van der Waals surface area (Å²) >= 11 is 0. The fourth-order valence-electron chi connectivity index (χ4n) is 4.43. The minimum atomic E-state index is -1.67. The first-order valence-electron chi connectivity index (χ1n) is 10.9. The molecule has 4 N–H and O–H groups in total. The molecule has 1 atom stereocenters. The highest BCUT2D eigenvalue weighted by molar-refractivity contribution is 5.93. The van der Waals surface area contributed by atoms with E-state index in [1.165, 1.54) is 4.90 Å². The molecule has 2 aliphatic rings.